The average Bonchev–Trinajstić information content (AvgIpc) is 3.26. The van der Waals surface area contributed by atoms with E-state index in [0.29, 0.717) is 6.61 Å². The summed E-state index contributed by atoms with van der Waals surface area (Å²) in [7, 11) is 0. The molecule has 1 N–H and O–H groups in total. The molecular formula is C17H20FN3O2. The number of aromatic nitrogens is 2. The highest BCUT2D eigenvalue weighted by Crippen LogP contribution is 2.27. The second kappa shape index (κ2) is 6.91. The standard InChI is InChI=1S/C17H20FN3O2/c1-12(21-10-3-9-19-21)17(22)20-16(15-4-2-11-23-15)13-5-7-14(18)8-6-13/h3,5-10,12,15-16H,2,4,11H2,1H3,(H,20,22)/t12-,15-,16-/m1/s1. The summed E-state index contributed by atoms with van der Waals surface area (Å²) in [5.74, 6) is -0.436. The minimum absolute atomic E-state index is 0.0887. The van der Waals surface area contributed by atoms with Crippen molar-refractivity contribution in [3.63, 3.8) is 0 Å². The molecule has 3 rings (SSSR count). The highest BCUT2D eigenvalue weighted by molar-refractivity contribution is 5.80. The van der Waals surface area contributed by atoms with Gasteiger partial charge in [0.2, 0.25) is 5.91 Å². The van der Waals surface area contributed by atoms with Gasteiger partial charge >= 0.3 is 0 Å². The second-order valence-corrected chi connectivity index (χ2v) is 5.75. The molecule has 0 bridgehead atoms. The van der Waals surface area contributed by atoms with Gasteiger partial charge in [0.25, 0.3) is 0 Å². The molecule has 1 aromatic heterocycles. The van der Waals surface area contributed by atoms with Crippen molar-refractivity contribution in [1.82, 2.24) is 15.1 Å². The number of carbonyl (C=O) groups excluding carboxylic acids is 1. The van der Waals surface area contributed by atoms with Crippen molar-refractivity contribution in [3.8, 4) is 0 Å². The van der Waals surface area contributed by atoms with Crippen molar-refractivity contribution >= 4 is 5.91 Å². The molecule has 23 heavy (non-hydrogen) atoms. The largest absolute Gasteiger partial charge is 0.376 e. The second-order valence-electron chi connectivity index (χ2n) is 5.75. The van der Waals surface area contributed by atoms with Gasteiger partial charge in [-0.15, -0.1) is 0 Å². The molecule has 6 heteroatoms. The van der Waals surface area contributed by atoms with E-state index < -0.39 is 6.04 Å². The Morgan fingerprint density at radius 2 is 2.22 bits per heavy atom. The van der Waals surface area contributed by atoms with Gasteiger partial charge in [0.1, 0.15) is 11.9 Å². The third kappa shape index (κ3) is 3.59. The summed E-state index contributed by atoms with van der Waals surface area (Å²) < 4.78 is 20.5. The van der Waals surface area contributed by atoms with E-state index >= 15 is 0 Å². The summed E-state index contributed by atoms with van der Waals surface area (Å²) in [6.45, 7) is 2.48. The van der Waals surface area contributed by atoms with Crippen LogP contribution < -0.4 is 5.32 Å². The first-order chi connectivity index (χ1) is 11.1. The first-order valence-electron chi connectivity index (χ1n) is 7.82. The molecule has 2 aromatic rings. The number of hydrogen-bond acceptors (Lipinski definition) is 3. The molecule has 122 valence electrons. The van der Waals surface area contributed by atoms with Gasteiger partial charge in [0.15, 0.2) is 0 Å². The number of rotatable bonds is 5. The van der Waals surface area contributed by atoms with Crippen LogP contribution in [0.1, 0.15) is 37.4 Å². The molecule has 1 aliphatic rings. The number of halogens is 1. The Hall–Kier alpha value is -2.21. The van der Waals surface area contributed by atoms with Crippen molar-refractivity contribution < 1.29 is 13.9 Å². The topological polar surface area (TPSA) is 56.1 Å². The molecule has 1 aliphatic heterocycles. The van der Waals surface area contributed by atoms with E-state index in [0.717, 1.165) is 18.4 Å². The smallest absolute Gasteiger partial charge is 0.245 e. The molecule has 3 atom stereocenters. The summed E-state index contributed by atoms with van der Waals surface area (Å²) in [4.78, 5) is 12.5. The van der Waals surface area contributed by atoms with Gasteiger partial charge in [-0.3, -0.25) is 9.48 Å². The Morgan fingerprint density at radius 3 is 2.83 bits per heavy atom. The van der Waals surface area contributed by atoms with E-state index in [1.807, 2.05) is 0 Å². The molecule has 1 amide bonds. The van der Waals surface area contributed by atoms with Crippen LogP contribution in [0, 0.1) is 5.82 Å². The maximum Gasteiger partial charge on any atom is 0.245 e. The monoisotopic (exact) mass is 317 g/mol. The van der Waals surface area contributed by atoms with Gasteiger partial charge in [-0.1, -0.05) is 12.1 Å². The number of amides is 1. The van der Waals surface area contributed by atoms with Crippen LogP contribution in [0.3, 0.4) is 0 Å². The predicted molar refractivity (Wildman–Crippen MR) is 83.2 cm³/mol. The van der Waals surface area contributed by atoms with Gasteiger partial charge in [0, 0.05) is 19.0 Å². The van der Waals surface area contributed by atoms with Gasteiger partial charge in [0.05, 0.1) is 12.1 Å². The van der Waals surface area contributed by atoms with Crippen LogP contribution in [0.4, 0.5) is 4.39 Å². The van der Waals surface area contributed by atoms with Crippen LogP contribution in [0.5, 0.6) is 0 Å². The highest BCUT2D eigenvalue weighted by atomic mass is 19.1. The maximum atomic E-state index is 13.2. The van der Waals surface area contributed by atoms with Gasteiger partial charge in [-0.05, 0) is 43.5 Å². The summed E-state index contributed by atoms with van der Waals surface area (Å²) in [6.07, 6.45) is 5.14. The molecule has 0 aliphatic carbocycles. The lowest BCUT2D eigenvalue weighted by Crippen LogP contribution is -2.39. The summed E-state index contributed by atoms with van der Waals surface area (Å²) in [5, 5.41) is 7.14. The normalized spacial score (nSPS) is 20.2. The van der Waals surface area contributed by atoms with E-state index in [2.05, 4.69) is 10.4 Å². The number of nitrogens with zero attached hydrogens (tertiary/aromatic N) is 2. The molecule has 1 saturated heterocycles. The van der Waals surface area contributed by atoms with Gasteiger partial charge in [-0.25, -0.2) is 4.39 Å². The van der Waals surface area contributed by atoms with Crippen LogP contribution in [0.15, 0.2) is 42.7 Å². The summed E-state index contributed by atoms with van der Waals surface area (Å²) in [5.41, 5.74) is 0.847. The first-order valence-corrected chi connectivity index (χ1v) is 7.82. The van der Waals surface area contributed by atoms with Crippen LogP contribution in [0.25, 0.3) is 0 Å². The lowest BCUT2D eigenvalue weighted by molar-refractivity contribution is -0.125. The zero-order chi connectivity index (χ0) is 16.2. The Kier molecular flexibility index (Phi) is 4.71. The summed E-state index contributed by atoms with van der Waals surface area (Å²) in [6, 6.07) is 7.27. The number of nitrogens with one attached hydrogen (secondary N) is 1. The lowest BCUT2D eigenvalue weighted by atomic mass is 9.99. The number of hydrogen-bond donors (Lipinski definition) is 1. The number of ether oxygens (including phenoxy) is 1. The molecule has 5 nitrogen and oxygen atoms in total. The lowest BCUT2D eigenvalue weighted by Gasteiger charge is -2.26. The molecule has 0 saturated carbocycles. The van der Waals surface area contributed by atoms with Crippen LogP contribution in [-0.4, -0.2) is 28.4 Å². The quantitative estimate of drug-likeness (QED) is 0.922. The third-order valence-corrected chi connectivity index (χ3v) is 4.16. The van der Waals surface area contributed by atoms with Crippen molar-refractivity contribution in [3.05, 3.63) is 54.1 Å². The fourth-order valence-corrected chi connectivity index (χ4v) is 2.83. The Balaban J connectivity index is 1.78. The van der Waals surface area contributed by atoms with E-state index in [9.17, 15) is 9.18 Å². The van der Waals surface area contributed by atoms with Crippen LogP contribution in [-0.2, 0) is 9.53 Å². The third-order valence-electron chi connectivity index (χ3n) is 4.16. The zero-order valence-corrected chi connectivity index (χ0v) is 13.0. The number of carbonyl (C=O) groups is 1. The maximum absolute atomic E-state index is 13.2. The Labute approximate surface area is 134 Å². The van der Waals surface area contributed by atoms with E-state index in [4.69, 9.17) is 4.74 Å². The van der Waals surface area contributed by atoms with Gasteiger partial charge in [-0.2, -0.15) is 5.10 Å². The molecule has 0 spiro atoms. The predicted octanol–water partition coefficient (Wildman–Crippen LogP) is 2.62. The molecule has 1 fully saturated rings. The minimum Gasteiger partial charge on any atom is -0.376 e. The fraction of sp³-hybridized carbons (Fsp3) is 0.412. The minimum atomic E-state index is -0.422. The van der Waals surface area contributed by atoms with Crippen LogP contribution >= 0.6 is 0 Å². The van der Waals surface area contributed by atoms with Crippen LogP contribution in [0.2, 0.25) is 0 Å². The molecule has 0 radical (unpaired) electrons. The fourth-order valence-electron chi connectivity index (χ4n) is 2.83. The molecule has 2 heterocycles. The van der Waals surface area contributed by atoms with Gasteiger partial charge < -0.3 is 10.1 Å². The highest BCUT2D eigenvalue weighted by Gasteiger charge is 2.30. The average molecular weight is 317 g/mol. The molecular weight excluding hydrogens is 297 g/mol. The SMILES string of the molecule is C[C@H](C(=O)N[C@H](c1ccc(F)cc1)[C@H]1CCCO1)n1cccn1. The first kappa shape index (κ1) is 15.7. The van der Waals surface area contributed by atoms with E-state index in [1.165, 1.54) is 12.1 Å². The molecule has 1 aromatic carbocycles. The van der Waals surface area contributed by atoms with Crippen molar-refractivity contribution in [1.29, 1.82) is 0 Å². The Bertz CT molecular complexity index is 636. The summed E-state index contributed by atoms with van der Waals surface area (Å²) >= 11 is 0. The molecule has 0 unspecified atom stereocenters. The Morgan fingerprint density at radius 1 is 1.43 bits per heavy atom. The zero-order valence-electron chi connectivity index (χ0n) is 13.0. The van der Waals surface area contributed by atoms with Crippen molar-refractivity contribution in [2.24, 2.45) is 0 Å². The number of benzene rings is 1. The van der Waals surface area contributed by atoms with E-state index in [1.54, 1.807) is 42.2 Å². The van der Waals surface area contributed by atoms with Crippen molar-refractivity contribution in [2.75, 3.05) is 6.61 Å². The van der Waals surface area contributed by atoms with E-state index in [-0.39, 0.29) is 23.9 Å². The van der Waals surface area contributed by atoms with Crippen molar-refractivity contribution in [2.45, 2.75) is 38.0 Å².